The number of benzene rings is 2. The first-order valence-corrected chi connectivity index (χ1v) is 8.37. The Balaban J connectivity index is 0.00000210. The number of aromatic nitrogens is 2. The van der Waals surface area contributed by atoms with Crippen LogP contribution >= 0.6 is 12.4 Å². The highest BCUT2D eigenvalue weighted by Crippen LogP contribution is 2.33. The molecule has 4 aromatic rings. The molecule has 4 rings (SSSR count). The van der Waals surface area contributed by atoms with Crippen LogP contribution < -0.4 is 5.73 Å². The zero-order valence-corrected chi connectivity index (χ0v) is 15.3. The lowest BCUT2D eigenvalue weighted by molar-refractivity contribution is 0.459. The summed E-state index contributed by atoms with van der Waals surface area (Å²) in [6.45, 7) is 0. The Kier molecular flexibility index (Phi) is 5.56. The van der Waals surface area contributed by atoms with E-state index < -0.39 is 0 Å². The zero-order valence-electron chi connectivity index (χ0n) is 14.5. The van der Waals surface area contributed by atoms with Crippen molar-refractivity contribution in [3.8, 4) is 23.6 Å². The fourth-order valence-corrected chi connectivity index (χ4v) is 3.11. The SMILES string of the molecule is C#Cc1ccc2c(-c3ccccc3[C@@H](N)Cc3ccccn3)noc2c1.Cl. The number of rotatable bonds is 4. The summed E-state index contributed by atoms with van der Waals surface area (Å²) in [6.07, 6.45) is 7.89. The number of nitrogens with two attached hydrogens (primary N) is 1. The van der Waals surface area contributed by atoms with E-state index in [1.807, 2.05) is 60.7 Å². The van der Waals surface area contributed by atoms with E-state index in [2.05, 4.69) is 16.1 Å². The van der Waals surface area contributed by atoms with Gasteiger partial charge in [0.1, 0.15) is 5.69 Å². The molecule has 0 spiro atoms. The van der Waals surface area contributed by atoms with Crippen molar-refractivity contribution in [3.05, 3.63) is 83.7 Å². The number of pyridine rings is 1. The number of hydrogen-bond donors (Lipinski definition) is 1. The van der Waals surface area contributed by atoms with E-state index in [-0.39, 0.29) is 18.4 Å². The molecule has 134 valence electrons. The van der Waals surface area contributed by atoms with Crippen molar-refractivity contribution < 1.29 is 4.52 Å². The Morgan fingerprint density at radius 1 is 1.07 bits per heavy atom. The van der Waals surface area contributed by atoms with Crippen LogP contribution in [-0.4, -0.2) is 10.1 Å². The highest BCUT2D eigenvalue weighted by atomic mass is 35.5. The highest BCUT2D eigenvalue weighted by molar-refractivity contribution is 5.93. The zero-order chi connectivity index (χ0) is 17.9. The molecule has 0 saturated carbocycles. The fraction of sp³-hybridized carbons (Fsp3) is 0.0909. The molecule has 0 amide bonds. The molecule has 0 unspecified atom stereocenters. The molecule has 0 saturated heterocycles. The lowest BCUT2D eigenvalue weighted by Crippen LogP contribution is -2.15. The number of hydrogen-bond acceptors (Lipinski definition) is 4. The van der Waals surface area contributed by atoms with Crippen LogP contribution in [0.15, 0.2) is 71.4 Å². The van der Waals surface area contributed by atoms with Gasteiger partial charge in [0.15, 0.2) is 5.58 Å². The molecule has 0 radical (unpaired) electrons. The summed E-state index contributed by atoms with van der Waals surface area (Å²) in [5.41, 5.74) is 11.6. The monoisotopic (exact) mass is 375 g/mol. The molecule has 0 aliphatic rings. The Bertz CT molecular complexity index is 1100. The number of nitrogens with zero attached hydrogens (tertiary/aromatic N) is 2. The maximum Gasteiger partial charge on any atom is 0.168 e. The lowest BCUT2D eigenvalue weighted by Gasteiger charge is -2.15. The molecular weight excluding hydrogens is 358 g/mol. The molecule has 2 N–H and O–H groups in total. The molecule has 5 heteroatoms. The summed E-state index contributed by atoms with van der Waals surface area (Å²) in [7, 11) is 0. The molecule has 2 heterocycles. The van der Waals surface area contributed by atoms with Crippen molar-refractivity contribution in [2.75, 3.05) is 0 Å². The van der Waals surface area contributed by atoms with Crippen molar-refractivity contribution in [3.63, 3.8) is 0 Å². The number of fused-ring (bicyclic) bond motifs is 1. The minimum Gasteiger partial charge on any atom is -0.356 e. The Morgan fingerprint density at radius 2 is 1.89 bits per heavy atom. The van der Waals surface area contributed by atoms with E-state index in [1.54, 1.807) is 6.20 Å². The molecule has 1 atom stereocenters. The van der Waals surface area contributed by atoms with E-state index in [1.165, 1.54) is 0 Å². The summed E-state index contributed by atoms with van der Waals surface area (Å²) < 4.78 is 5.50. The van der Waals surface area contributed by atoms with E-state index in [4.69, 9.17) is 16.7 Å². The van der Waals surface area contributed by atoms with Gasteiger partial charge in [0, 0.05) is 40.9 Å². The van der Waals surface area contributed by atoms with Gasteiger partial charge in [0.25, 0.3) is 0 Å². The average Bonchev–Trinajstić information content (AvgIpc) is 3.11. The van der Waals surface area contributed by atoms with Gasteiger partial charge in [-0.15, -0.1) is 18.8 Å². The van der Waals surface area contributed by atoms with Crippen LogP contribution in [0.25, 0.3) is 22.2 Å². The Morgan fingerprint density at radius 3 is 2.67 bits per heavy atom. The van der Waals surface area contributed by atoms with Gasteiger partial charge in [-0.05, 0) is 35.9 Å². The van der Waals surface area contributed by atoms with Crippen LogP contribution in [0.3, 0.4) is 0 Å². The normalized spacial score (nSPS) is 11.6. The second kappa shape index (κ2) is 8.05. The van der Waals surface area contributed by atoms with E-state index >= 15 is 0 Å². The average molecular weight is 376 g/mol. The minimum absolute atomic E-state index is 0. The molecule has 27 heavy (non-hydrogen) atoms. The largest absolute Gasteiger partial charge is 0.356 e. The quantitative estimate of drug-likeness (QED) is 0.532. The second-order valence-corrected chi connectivity index (χ2v) is 6.11. The van der Waals surface area contributed by atoms with Crippen molar-refractivity contribution in [1.82, 2.24) is 10.1 Å². The van der Waals surface area contributed by atoms with E-state index in [9.17, 15) is 0 Å². The van der Waals surface area contributed by atoms with Crippen LogP contribution in [0.5, 0.6) is 0 Å². The molecule has 0 aliphatic heterocycles. The van der Waals surface area contributed by atoms with Crippen LogP contribution in [0, 0.1) is 12.3 Å². The van der Waals surface area contributed by atoms with Crippen LogP contribution in [0.4, 0.5) is 0 Å². The first-order valence-electron chi connectivity index (χ1n) is 8.37. The van der Waals surface area contributed by atoms with Crippen molar-refractivity contribution in [1.29, 1.82) is 0 Å². The summed E-state index contributed by atoms with van der Waals surface area (Å²) in [4.78, 5) is 4.37. The van der Waals surface area contributed by atoms with Crippen molar-refractivity contribution in [2.24, 2.45) is 5.73 Å². The van der Waals surface area contributed by atoms with Gasteiger partial charge in [0.2, 0.25) is 0 Å². The van der Waals surface area contributed by atoms with Crippen molar-refractivity contribution in [2.45, 2.75) is 12.5 Å². The molecule has 0 bridgehead atoms. The highest BCUT2D eigenvalue weighted by Gasteiger charge is 2.18. The molecule has 0 fully saturated rings. The van der Waals surface area contributed by atoms with Gasteiger partial charge >= 0.3 is 0 Å². The fourth-order valence-electron chi connectivity index (χ4n) is 3.11. The molecule has 2 aromatic carbocycles. The maximum atomic E-state index is 6.50. The van der Waals surface area contributed by atoms with Gasteiger partial charge in [-0.25, -0.2) is 0 Å². The van der Waals surface area contributed by atoms with Crippen LogP contribution in [-0.2, 0) is 6.42 Å². The lowest BCUT2D eigenvalue weighted by atomic mass is 9.94. The van der Waals surface area contributed by atoms with Gasteiger partial charge in [-0.2, -0.15) is 0 Å². The first-order chi connectivity index (χ1) is 12.8. The Hall–Kier alpha value is -3.13. The van der Waals surface area contributed by atoms with Gasteiger partial charge in [-0.1, -0.05) is 41.4 Å². The summed E-state index contributed by atoms with van der Waals surface area (Å²) in [5, 5.41) is 5.19. The summed E-state index contributed by atoms with van der Waals surface area (Å²) >= 11 is 0. The third kappa shape index (κ3) is 3.70. The van der Waals surface area contributed by atoms with Gasteiger partial charge < -0.3 is 10.3 Å². The van der Waals surface area contributed by atoms with Crippen molar-refractivity contribution >= 4 is 23.4 Å². The first kappa shape index (κ1) is 18.7. The topological polar surface area (TPSA) is 64.9 Å². The molecule has 4 nitrogen and oxygen atoms in total. The molecule has 0 aliphatic carbocycles. The molecule has 2 aromatic heterocycles. The van der Waals surface area contributed by atoms with Gasteiger partial charge in [0.05, 0.1) is 0 Å². The maximum absolute atomic E-state index is 6.50. The standard InChI is InChI=1S/C22H17N3O.ClH/c1-2-15-10-11-19-21(13-15)26-25-22(19)18-9-4-3-8-17(18)20(23)14-16-7-5-6-12-24-16;/h1,3-13,20H,14,23H2;1H/t20-;/m0./s1. The minimum atomic E-state index is -0.196. The predicted octanol–water partition coefficient (Wildman–Crippen LogP) is 4.54. The smallest absolute Gasteiger partial charge is 0.168 e. The Labute approximate surface area is 163 Å². The second-order valence-electron chi connectivity index (χ2n) is 6.11. The van der Waals surface area contributed by atoms with Crippen LogP contribution in [0.2, 0.25) is 0 Å². The number of halogens is 1. The number of terminal acetylenes is 1. The third-order valence-electron chi connectivity index (χ3n) is 4.41. The van der Waals surface area contributed by atoms with E-state index in [0.717, 1.165) is 33.5 Å². The summed E-state index contributed by atoms with van der Waals surface area (Å²) in [6, 6.07) is 19.3. The van der Waals surface area contributed by atoms with Gasteiger partial charge in [-0.3, -0.25) is 4.98 Å². The third-order valence-corrected chi connectivity index (χ3v) is 4.41. The summed E-state index contributed by atoms with van der Waals surface area (Å²) in [5.74, 6) is 2.61. The predicted molar refractivity (Wildman–Crippen MR) is 109 cm³/mol. The molecular formula is C22H18ClN3O. The van der Waals surface area contributed by atoms with E-state index in [0.29, 0.717) is 12.0 Å². The van der Waals surface area contributed by atoms with Crippen LogP contribution in [0.1, 0.15) is 22.9 Å².